The molecule has 6 fully saturated rings. The number of aromatic nitrogens is 2. The number of carbonyl (C=O) groups excluding carboxylic acids is 1. The molecule has 48 heavy (non-hydrogen) atoms. The summed E-state index contributed by atoms with van der Waals surface area (Å²) in [7, 11) is 2.16. The number of likely N-dealkylation sites (N-methyl/N-ethyl adjacent to an activating group) is 1. The van der Waals surface area contributed by atoms with Crippen LogP contribution >= 0.6 is 0 Å². The van der Waals surface area contributed by atoms with Crippen LogP contribution in [0.3, 0.4) is 0 Å². The lowest BCUT2D eigenvalue weighted by atomic mass is 9.84. The van der Waals surface area contributed by atoms with E-state index in [1.54, 1.807) is 6.07 Å². The molecular formula is C38H45N7O3. The van der Waals surface area contributed by atoms with Gasteiger partial charge in [-0.2, -0.15) is 9.97 Å². The lowest BCUT2D eigenvalue weighted by Gasteiger charge is -2.46. The first-order chi connectivity index (χ1) is 23.5. The van der Waals surface area contributed by atoms with Crippen LogP contribution in [-0.4, -0.2) is 113 Å². The summed E-state index contributed by atoms with van der Waals surface area (Å²) in [6.45, 7) is 6.33. The number of hydrogen-bond donors (Lipinski definition) is 2. The number of ether oxygens (including phenoxy) is 1. The number of nitrogens with zero attached hydrogens (tertiary/aromatic N) is 6. The van der Waals surface area contributed by atoms with E-state index in [2.05, 4.69) is 56.2 Å². The molecule has 250 valence electrons. The van der Waals surface area contributed by atoms with Gasteiger partial charge in [0.15, 0.2) is 0 Å². The Balaban J connectivity index is 1.04. The summed E-state index contributed by atoms with van der Waals surface area (Å²) in [4.78, 5) is 33.1. The molecule has 1 aromatic heterocycles. The third-order valence-corrected chi connectivity index (χ3v) is 11.9. The molecule has 10 rings (SSSR count). The van der Waals surface area contributed by atoms with Gasteiger partial charge in [0.2, 0.25) is 0 Å². The second-order valence-corrected chi connectivity index (χ2v) is 14.8. The lowest BCUT2D eigenvalue weighted by Crippen LogP contribution is -2.62. The molecule has 10 nitrogen and oxygen atoms in total. The van der Waals surface area contributed by atoms with E-state index in [-0.39, 0.29) is 29.9 Å². The number of rotatable bonds is 6. The van der Waals surface area contributed by atoms with Gasteiger partial charge in [0, 0.05) is 49.2 Å². The van der Waals surface area contributed by atoms with E-state index in [0.29, 0.717) is 37.7 Å². The van der Waals surface area contributed by atoms with Gasteiger partial charge in [-0.05, 0) is 117 Å². The van der Waals surface area contributed by atoms with E-state index < -0.39 is 0 Å². The third kappa shape index (κ3) is 5.39. The minimum atomic E-state index is 0.0885. The number of benzene rings is 3. The molecule has 0 aliphatic carbocycles. The highest BCUT2D eigenvalue weighted by molar-refractivity contribution is 6.01. The largest absolute Gasteiger partial charge is 0.508 e. The minimum absolute atomic E-state index is 0.0885. The predicted molar refractivity (Wildman–Crippen MR) is 188 cm³/mol. The van der Waals surface area contributed by atoms with Crippen molar-refractivity contribution >= 4 is 33.5 Å². The second kappa shape index (κ2) is 12.1. The van der Waals surface area contributed by atoms with E-state index in [9.17, 15) is 9.90 Å². The molecule has 3 aromatic carbocycles. The third-order valence-electron chi connectivity index (χ3n) is 11.9. The van der Waals surface area contributed by atoms with Crippen LogP contribution < -0.4 is 15.0 Å². The number of hydrogen-bond acceptors (Lipinski definition) is 8. The molecule has 4 atom stereocenters. The standard InChI is InChI=1S/C38H45N7O3/c1-42-14-4-6-29(42)23-48-37-39-34-18-26(33-19-30(46)17-25-5-2-3-7-31(25)33)8-11-32(34)36(41-37)45-27-9-10-28(45)21-44(20-27)38(47)40-35-22-43-15-12-24(35)13-16-43/h2-3,5,7-8,11,17-19,24,27-29,35,46H,4,6,9-10,12-16,20-23H2,1H3,(H,40,47)/t27-,28+,29-,35?/m0/s1. The van der Waals surface area contributed by atoms with Crippen LogP contribution in [-0.2, 0) is 0 Å². The number of carbonyl (C=O) groups is 1. The summed E-state index contributed by atoms with van der Waals surface area (Å²) in [6, 6.07) is 19.6. The van der Waals surface area contributed by atoms with Gasteiger partial charge in [0.1, 0.15) is 18.2 Å². The van der Waals surface area contributed by atoms with Gasteiger partial charge in [-0.25, -0.2) is 4.79 Å². The number of likely N-dealkylation sites (tertiary alicyclic amines) is 2. The molecule has 2 amide bonds. The van der Waals surface area contributed by atoms with Gasteiger partial charge in [-0.3, -0.25) is 0 Å². The Morgan fingerprint density at radius 3 is 2.48 bits per heavy atom. The van der Waals surface area contributed by atoms with Crippen molar-refractivity contribution in [1.82, 2.24) is 30.0 Å². The monoisotopic (exact) mass is 647 g/mol. The number of phenols is 1. The van der Waals surface area contributed by atoms with Gasteiger partial charge in [-0.1, -0.05) is 30.3 Å². The number of piperidine rings is 3. The van der Waals surface area contributed by atoms with Gasteiger partial charge in [0.25, 0.3) is 0 Å². The maximum absolute atomic E-state index is 13.6. The number of piperazine rings is 1. The topological polar surface area (TPSA) is 97.3 Å². The summed E-state index contributed by atoms with van der Waals surface area (Å²) in [5, 5.41) is 17.1. The molecule has 0 radical (unpaired) electrons. The number of urea groups is 1. The zero-order chi connectivity index (χ0) is 32.4. The molecule has 6 aliphatic rings. The van der Waals surface area contributed by atoms with E-state index in [4.69, 9.17) is 14.7 Å². The summed E-state index contributed by atoms with van der Waals surface area (Å²) in [5.74, 6) is 1.74. The van der Waals surface area contributed by atoms with Crippen molar-refractivity contribution in [2.45, 2.75) is 62.7 Å². The fourth-order valence-electron chi connectivity index (χ4n) is 9.21. The molecule has 1 unspecified atom stereocenters. The molecular weight excluding hydrogens is 602 g/mol. The quantitative estimate of drug-likeness (QED) is 0.299. The van der Waals surface area contributed by atoms with Crippen molar-refractivity contribution in [1.29, 1.82) is 0 Å². The zero-order valence-electron chi connectivity index (χ0n) is 27.7. The Morgan fingerprint density at radius 1 is 0.917 bits per heavy atom. The van der Waals surface area contributed by atoms with Crippen molar-refractivity contribution in [2.24, 2.45) is 5.92 Å². The Morgan fingerprint density at radius 2 is 1.73 bits per heavy atom. The molecule has 7 heterocycles. The van der Waals surface area contributed by atoms with Crippen LogP contribution in [0.2, 0.25) is 0 Å². The minimum Gasteiger partial charge on any atom is -0.508 e. The number of phenolic OH excluding ortho intramolecular Hbond substituents is 1. The van der Waals surface area contributed by atoms with Gasteiger partial charge in [-0.15, -0.1) is 0 Å². The normalized spacial score (nSPS) is 28.4. The molecule has 2 N–H and O–H groups in total. The first-order valence-corrected chi connectivity index (χ1v) is 17.9. The highest BCUT2D eigenvalue weighted by atomic mass is 16.5. The number of amides is 2. The smallest absolute Gasteiger partial charge is 0.319 e. The van der Waals surface area contributed by atoms with Crippen LogP contribution in [0.5, 0.6) is 11.8 Å². The van der Waals surface area contributed by atoms with Crippen molar-refractivity contribution in [3.8, 4) is 22.9 Å². The molecule has 10 heteroatoms. The highest BCUT2D eigenvalue weighted by Crippen LogP contribution is 2.40. The summed E-state index contributed by atoms with van der Waals surface area (Å²) < 4.78 is 6.38. The van der Waals surface area contributed by atoms with E-state index in [0.717, 1.165) is 71.0 Å². The zero-order valence-corrected chi connectivity index (χ0v) is 27.7. The fraction of sp³-hybridized carbons (Fsp3) is 0.500. The van der Waals surface area contributed by atoms with Crippen molar-refractivity contribution < 1.29 is 14.6 Å². The van der Waals surface area contributed by atoms with Crippen molar-refractivity contribution in [3.63, 3.8) is 0 Å². The van der Waals surface area contributed by atoms with Crippen molar-refractivity contribution in [3.05, 3.63) is 54.6 Å². The Labute approximate surface area is 281 Å². The molecule has 4 aromatic rings. The first-order valence-electron chi connectivity index (χ1n) is 17.9. The van der Waals surface area contributed by atoms with Crippen LogP contribution in [0.4, 0.5) is 10.6 Å². The maximum Gasteiger partial charge on any atom is 0.319 e. The van der Waals surface area contributed by atoms with Crippen molar-refractivity contribution in [2.75, 3.05) is 57.8 Å². The van der Waals surface area contributed by atoms with Crippen LogP contribution in [0, 0.1) is 5.92 Å². The van der Waals surface area contributed by atoms with Gasteiger partial charge < -0.3 is 34.8 Å². The number of aromatic hydroxyl groups is 1. The average molecular weight is 648 g/mol. The summed E-state index contributed by atoms with van der Waals surface area (Å²) in [6.07, 6.45) is 6.72. The molecule has 6 aliphatic heterocycles. The van der Waals surface area contributed by atoms with E-state index in [1.165, 1.54) is 32.4 Å². The summed E-state index contributed by atoms with van der Waals surface area (Å²) >= 11 is 0. The average Bonchev–Trinajstić information content (AvgIpc) is 3.64. The first kappa shape index (κ1) is 29.9. The molecule has 0 saturated carbocycles. The SMILES string of the molecule is CN1CCC[C@H]1COc1nc(N2[C@@H]3CC[C@H]2CN(C(=O)NC2CN4CCC2CC4)C3)c2ccc(-c3cc(O)cc4ccccc34)cc2n1. The van der Waals surface area contributed by atoms with Crippen LogP contribution in [0.15, 0.2) is 54.6 Å². The van der Waals surface area contributed by atoms with E-state index >= 15 is 0 Å². The number of fused-ring (bicyclic) bond motifs is 7. The Kier molecular flexibility index (Phi) is 7.53. The van der Waals surface area contributed by atoms with Gasteiger partial charge in [0.05, 0.1) is 5.52 Å². The summed E-state index contributed by atoms with van der Waals surface area (Å²) in [5.41, 5.74) is 2.77. The fourth-order valence-corrected chi connectivity index (χ4v) is 9.21. The predicted octanol–water partition coefficient (Wildman–Crippen LogP) is 5.09. The Hall–Kier alpha value is -4.15. The molecule has 0 spiro atoms. The number of anilines is 1. The van der Waals surface area contributed by atoms with Gasteiger partial charge >= 0.3 is 12.0 Å². The van der Waals surface area contributed by atoms with E-state index in [1.807, 2.05) is 24.3 Å². The molecule has 6 saturated heterocycles. The lowest BCUT2D eigenvalue weighted by molar-refractivity contribution is 0.0721. The Bertz CT molecular complexity index is 1850. The van der Waals surface area contributed by atoms with Crippen LogP contribution in [0.1, 0.15) is 38.5 Å². The highest BCUT2D eigenvalue weighted by Gasteiger charge is 2.44. The maximum atomic E-state index is 13.6. The molecule has 4 bridgehead atoms. The second-order valence-electron chi connectivity index (χ2n) is 14.8. The van der Waals surface area contributed by atoms with Crippen LogP contribution in [0.25, 0.3) is 32.8 Å². The number of nitrogens with one attached hydrogen (secondary N) is 1.